The Morgan fingerprint density at radius 1 is 0.833 bits per heavy atom. The van der Waals surface area contributed by atoms with Gasteiger partial charge in [0, 0.05) is 40.1 Å². The Hall–Kier alpha value is -3.76. The second kappa shape index (κ2) is 17.6. The maximum absolute atomic E-state index is 14.6. The van der Waals surface area contributed by atoms with Crippen LogP contribution in [0.15, 0.2) is 102 Å². The van der Waals surface area contributed by atoms with E-state index in [0.29, 0.717) is 39.5 Å². The van der Waals surface area contributed by atoms with Gasteiger partial charge in [-0.25, -0.2) is 8.42 Å². The van der Waals surface area contributed by atoms with Gasteiger partial charge in [0.1, 0.15) is 18.3 Å². The highest BCUT2D eigenvalue weighted by atomic mass is 35.5. The van der Waals surface area contributed by atoms with E-state index in [4.69, 9.17) is 39.5 Å². The van der Waals surface area contributed by atoms with Gasteiger partial charge in [-0.05, 0) is 79.6 Å². The molecule has 0 spiro atoms. The zero-order chi connectivity index (χ0) is 34.7. The van der Waals surface area contributed by atoms with Gasteiger partial charge in [0.05, 0.1) is 17.2 Å². The van der Waals surface area contributed by atoms with E-state index in [1.165, 1.54) is 29.2 Å². The second-order valence-corrected chi connectivity index (χ2v) is 14.1. The number of nitrogens with zero attached hydrogens (tertiary/aromatic N) is 2. The van der Waals surface area contributed by atoms with Crippen molar-refractivity contribution in [3.05, 3.63) is 123 Å². The first kappa shape index (κ1) is 37.1. The van der Waals surface area contributed by atoms with E-state index in [9.17, 15) is 18.0 Å². The van der Waals surface area contributed by atoms with Gasteiger partial charge in [-0.2, -0.15) is 0 Å². The summed E-state index contributed by atoms with van der Waals surface area (Å²) in [6.45, 7) is 3.92. The number of halogens is 3. The second-order valence-electron chi connectivity index (χ2n) is 11.0. The molecule has 4 rings (SSSR count). The molecule has 0 unspecified atom stereocenters. The molecule has 0 fully saturated rings. The van der Waals surface area contributed by atoms with Crippen LogP contribution in [-0.4, -0.2) is 50.9 Å². The number of anilines is 1. The molecule has 12 heteroatoms. The molecule has 1 N–H and O–H groups in total. The lowest BCUT2D eigenvalue weighted by molar-refractivity contribution is -0.140. The average molecular weight is 731 g/mol. The maximum Gasteiger partial charge on any atom is 0.264 e. The summed E-state index contributed by atoms with van der Waals surface area (Å²) in [7, 11) is -4.30. The zero-order valence-electron chi connectivity index (χ0n) is 26.7. The summed E-state index contributed by atoms with van der Waals surface area (Å²) in [5.41, 5.74) is 1.47. The van der Waals surface area contributed by atoms with Crippen molar-refractivity contribution in [2.75, 3.05) is 24.0 Å². The maximum atomic E-state index is 14.6. The predicted octanol–water partition coefficient (Wildman–Crippen LogP) is 7.80. The lowest BCUT2D eigenvalue weighted by atomic mass is 10.0. The van der Waals surface area contributed by atoms with Crippen LogP contribution in [0.5, 0.6) is 5.75 Å². The summed E-state index contributed by atoms with van der Waals surface area (Å²) in [5, 5.41) is 3.94. The fourth-order valence-electron chi connectivity index (χ4n) is 5.05. The molecule has 0 bridgehead atoms. The monoisotopic (exact) mass is 729 g/mol. The Bertz CT molecular complexity index is 1750. The van der Waals surface area contributed by atoms with Crippen molar-refractivity contribution in [3.8, 4) is 5.75 Å². The van der Waals surface area contributed by atoms with Crippen molar-refractivity contribution in [3.63, 3.8) is 0 Å². The third kappa shape index (κ3) is 9.66. The molecule has 0 aliphatic carbocycles. The summed E-state index contributed by atoms with van der Waals surface area (Å²) in [6, 6.07) is 25.4. The van der Waals surface area contributed by atoms with E-state index < -0.39 is 28.5 Å². The number of unbranched alkanes of at least 4 members (excludes halogenated alkanes) is 1. The normalized spacial score (nSPS) is 11.9. The van der Waals surface area contributed by atoms with Crippen LogP contribution in [0.1, 0.15) is 37.8 Å². The number of hydrogen-bond acceptors (Lipinski definition) is 5. The van der Waals surface area contributed by atoms with Gasteiger partial charge in [0.25, 0.3) is 10.0 Å². The molecule has 8 nitrogen and oxygen atoms in total. The Balaban J connectivity index is 1.82. The fraction of sp³-hybridized carbons (Fsp3) is 0.278. The largest absolute Gasteiger partial charge is 0.494 e. The molecule has 0 saturated carbocycles. The van der Waals surface area contributed by atoms with Gasteiger partial charge in [-0.3, -0.25) is 13.9 Å². The fourth-order valence-corrected chi connectivity index (χ4v) is 7.11. The molecule has 254 valence electrons. The van der Waals surface area contributed by atoms with Gasteiger partial charge < -0.3 is 15.0 Å². The van der Waals surface area contributed by atoms with E-state index in [1.54, 1.807) is 42.5 Å². The molecule has 48 heavy (non-hydrogen) atoms. The first-order valence-electron chi connectivity index (χ1n) is 15.6. The molecule has 0 aromatic heterocycles. The minimum atomic E-state index is -4.30. The molecule has 4 aromatic carbocycles. The molecule has 1 atom stereocenters. The third-order valence-electron chi connectivity index (χ3n) is 7.61. The Labute approximate surface area is 297 Å². The quantitative estimate of drug-likeness (QED) is 0.119. The minimum Gasteiger partial charge on any atom is -0.494 e. The molecule has 0 radical (unpaired) electrons. The van der Waals surface area contributed by atoms with Crippen LogP contribution in [-0.2, 0) is 32.6 Å². The van der Waals surface area contributed by atoms with Gasteiger partial charge in [-0.1, -0.05) is 84.5 Å². The lowest BCUT2D eigenvalue weighted by Crippen LogP contribution is -2.53. The smallest absolute Gasteiger partial charge is 0.264 e. The van der Waals surface area contributed by atoms with E-state index in [-0.39, 0.29) is 29.5 Å². The summed E-state index contributed by atoms with van der Waals surface area (Å²) in [6.07, 6.45) is 1.78. The van der Waals surface area contributed by atoms with Crippen molar-refractivity contribution < 1.29 is 22.7 Å². The highest BCUT2D eigenvalue weighted by Crippen LogP contribution is 2.30. The topological polar surface area (TPSA) is 96.0 Å². The summed E-state index contributed by atoms with van der Waals surface area (Å²) in [5.74, 6) is -0.473. The number of hydrogen-bond donors (Lipinski definition) is 1. The predicted molar refractivity (Wildman–Crippen MR) is 192 cm³/mol. The number of ether oxygens (including phenoxy) is 1. The third-order valence-corrected chi connectivity index (χ3v) is 10.4. The summed E-state index contributed by atoms with van der Waals surface area (Å²) >= 11 is 19.2. The van der Waals surface area contributed by atoms with Crippen LogP contribution in [0, 0.1) is 0 Å². The van der Waals surface area contributed by atoms with Crippen LogP contribution in [0.3, 0.4) is 0 Å². The van der Waals surface area contributed by atoms with Gasteiger partial charge in [0.15, 0.2) is 0 Å². The van der Waals surface area contributed by atoms with Crippen LogP contribution in [0.4, 0.5) is 5.69 Å². The molecule has 0 aliphatic rings. The molecule has 0 heterocycles. The average Bonchev–Trinajstić information content (AvgIpc) is 3.07. The van der Waals surface area contributed by atoms with E-state index in [1.807, 2.05) is 44.2 Å². The Kier molecular flexibility index (Phi) is 13.6. The van der Waals surface area contributed by atoms with Crippen molar-refractivity contribution in [2.24, 2.45) is 0 Å². The minimum absolute atomic E-state index is 0.0626. The van der Waals surface area contributed by atoms with E-state index in [2.05, 4.69) is 5.32 Å². The number of nitrogens with one attached hydrogen (secondary N) is 1. The Morgan fingerprint density at radius 2 is 1.48 bits per heavy atom. The molecule has 4 aromatic rings. The van der Waals surface area contributed by atoms with Crippen molar-refractivity contribution in [1.82, 2.24) is 10.2 Å². The molecule has 0 saturated heterocycles. The lowest BCUT2D eigenvalue weighted by Gasteiger charge is -2.34. The number of benzene rings is 4. The number of sulfonamides is 1. The highest BCUT2D eigenvalue weighted by molar-refractivity contribution is 7.92. The standard InChI is InChI=1S/C36H38Cl3N3O5S/c1-3-5-22-40-36(44)34(23-26-10-7-6-8-11-26)41(24-31-32(38)12-9-13-33(31)39)35(43)25-42(28-16-18-29(19-17-28)47-4-2)48(45,46)30-20-14-27(37)15-21-30/h6-21,34H,3-5,22-25H2,1-2H3,(H,40,44)/t34-/m0/s1. The van der Waals surface area contributed by atoms with Crippen LogP contribution >= 0.6 is 34.8 Å². The van der Waals surface area contributed by atoms with Gasteiger partial charge >= 0.3 is 0 Å². The Morgan fingerprint density at radius 3 is 2.08 bits per heavy atom. The number of carbonyl (C=O) groups is 2. The highest BCUT2D eigenvalue weighted by Gasteiger charge is 2.35. The summed E-state index contributed by atoms with van der Waals surface area (Å²) in [4.78, 5) is 29.8. The number of carbonyl (C=O) groups excluding carboxylic acids is 2. The zero-order valence-corrected chi connectivity index (χ0v) is 29.8. The number of rotatable bonds is 16. The summed E-state index contributed by atoms with van der Waals surface area (Å²) < 4.78 is 35.0. The van der Waals surface area contributed by atoms with Crippen molar-refractivity contribution in [2.45, 2.75) is 50.6 Å². The number of amides is 2. The molecule has 2 amide bonds. The SMILES string of the molecule is CCCCNC(=O)[C@H](Cc1ccccc1)N(Cc1c(Cl)cccc1Cl)C(=O)CN(c1ccc(OCC)cc1)S(=O)(=O)c1ccc(Cl)cc1. The van der Waals surface area contributed by atoms with E-state index in [0.717, 1.165) is 22.7 Å². The van der Waals surface area contributed by atoms with Gasteiger partial charge in [0.2, 0.25) is 11.8 Å². The van der Waals surface area contributed by atoms with Crippen LogP contribution in [0.2, 0.25) is 15.1 Å². The van der Waals surface area contributed by atoms with Gasteiger partial charge in [-0.15, -0.1) is 0 Å². The van der Waals surface area contributed by atoms with Crippen molar-refractivity contribution >= 4 is 62.3 Å². The van der Waals surface area contributed by atoms with E-state index >= 15 is 0 Å². The van der Waals surface area contributed by atoms with Crippen molar-refractivity contribution in [1.29, 1.82) is 0 Å². The first-order valence-corrected chi connectivity index (χ1v) is 18.2. The molecule has 0 aliphatic heterocycles. The van der Waals surface area contributed by atoms with Crippen LogP contribution < -0.4 is 14.4 Å². The first-order chi connectivity index (χ1) is 23.0. The molecular formula is C36H38Cl3N3O5S. The molecular weight excluding hydrogens is 693 g/mol. The van der Waals surface area contributed by atoms with Crippen LogP contribution in [0.25, 0.3) is 0 Å².